The van der Waals surface area contributed by atoms with Gasteiger partial charge in [-0.2, -0.15) is 4.98 Å². The Balaban J connectivity index is 1.86. The minimum absolute atomic E-state index is 0.502. The molecule has 19 heavy (non-hydrogen) atoms. The number of nitrogens with zero attached hydrogens (tertiary/aromatic N) is 2. The summed E-state index contributed by atoms with van der Waals surface area (Å²) in [4.78, 5) is 4.56. The third-order valence-corrected chi connectivity index (χ3v) is 3.77. The fourth-order valence-corrected chi connectivity index (χ4v) is 2.38. The Morgan fingerprint density at radius 3 is 2.89 bits per heavy atom. The molecule has 2 atom stereocenters. The van der Waals surface area contributed by atoms with Gasteiger partial charge in [0.2, 0.25) is 0 Å². The standard InChI is InChI=1S/C15H19N3O/c1-10-9-13(10)14-17-15(19-18-14)12-6-4-3-5-11(12)7-8-16-2/h3-6,10,13,16H,7-9H2,1-2H3. The van der Waals surface area contributed by atoms with Crippen molar-refractivity contribution in [3.05, 3.63) is 35.7 Å². The van der Waals surface area contributed by atoms with Gasteiger partial charge in [0.25, 0.3) is 5.89 Å². The van der Waals surface area contributed by atoms with Crippen LogP contribution in [0.5, 0.6) is 0 Å². The molecule has 2 aromatic rings. The van der Waals surface area contributed by atoms with Crippen molar-refractivity contribution >= 4 is 0 Å². The highest BCUT2D eigenvalue weighted by Gasteiger charge is 2.38. The molecule has 1 saturated carbocycles. The Morgan fingerprint density at radius 2 is 2.16 bits per heavy atom. The van der Waals surface area contributed by atoms with Gasteiger partial charge in [-0.15, -0.1) is 0 Å². The fourth-order valence-electron chi connectivity index (χ4n) is 2.38. The van der Waals surface area contributed by atoms with Crippen molar-refractivity contribution in [1.29, 1.82) is 0 Å². The zero-order valence-electron chi connectivity index (χ0n) is 11.4. The molecule has 1 heterocycles. The molecule has 1 aliphatic carbocycles. The predicted molar refractivity (Wildman–Crippen MR) is 73.9 cm³/mol. The third kappa shape index (κ3) is 2.54. The second kappa shape index (κ2) is 5.13. The van der Waals surface area contributed by atoms with Crippen molar-refractivity contribution in [1.82, 2.24) is 15.5 Å². The van der Waals surface area contributed by atoms with E-state index in [2.05, 4.69) is 40.6 Å². The molecule has 0 saturated heterocycles. The summed E-state index contributed by atoms with van der Waals surface area (Å²) >= 11 is 0. The second-order valence-corrected chi connectivity index (χ2v) is 5.29. The van der Waals surface area contributed by atoms with Crippen molar-refractivity contribution in [3.63, 3.8) is 0 Å². The van der Waals surface area contributed by atoms with Gasteiger partial charge in [0.1, 0.15) is 0 Å². The molecule has 1 aromatic carbocycles. The molecule has 1 aromatic heterocycles. The van der Waals surface area contributed by atoms with E-state index in [0.717, 1.165) is 24.4 Å². The van der Waals surface area contributed by atoms with Gasteiger partial charge >= 0.3 is 0 Å². The summed E-state index contributed by atoms with van der Waals surface area (Å²) in [6, 6.07) is 8.24. The minimum Gasteiger partial charge on any atom is -0.334 e. The van der Waals surface area contributed by atoms with E-state index in [1.54, 1.807) is 0 Å². The third-order valence-electron chi connectivity index (χ3n) is 3.77. The molecule has 1 N–H and O–H groups in total. The van der Waals surface area contributed by atoms with E-state index in [0.29, 0.717) is 17.7 Å². The van der Waals surface area contributed by atoms with Crippen LogP contribution in [0, 0.1) is 5.92 Å². The van der Waals surface area contributed by atoms with Crippen molar-refractivity contribution < 1.29 is 4.52 Å². The van der Waals surface area contributed by atoms with Crippen molar-refractivity contribution in [2.75, 3.05) is 13.6 Å². The number of aromatic nitrogens is 2. The van der Waals surface area contributed by atoms with Gasteiger partial charge in [-0.05, 0) is 44.0 Å². The monoisotopic (exact) mass is 257 g/mol. The summed E-state index contributed by atoms with van der Waals surface area (Å²) in [7, 11) is 1.96. The molecule has 1 aliphatic rings. The zero-order valence-corrected chi connectivity index (χ0v) is 11.4. The Labute approximate surface area is 113 Å². The molecular formula is C15H19N3O. The highest BCUT2D eigenvalue weighted by Crippen LogP contribution is 2.45. The lowest BCUT2D eigenvalue weighted by Crippen LogP contribution is -2.10. The summed E-state index contributed by atoms with van der Waals surface area (Å²) in [5.41, 5.74) is 2.31. The number of benzene rings is 1. The van der Waals surface area contributed by atoms with Crippen LogP contribution < -0.4 is 5.32 Å². The maximum atomic E-state index is 5.44. The molecule has 2 unspecified atom stereocenters. The van der Waals surface area contributed by atoms with Crippen molar-refractivity contribution in [2.24, 2.45) is 5.92 Å². The van der Waals surface area contributed by atoms with Gasteiger partial charge in [0.15, 0.2) is 5.82 Å². The minimum atomic E-state index is 0.502. The lowest BCUT2D eigenvalue weighted by atomic mass is 10.0. The zero-order chi connectivity index (χ0) is 13.2. The van der Waals surface area contributed by atoms with Gasteiger partial charge in [-0.25, -0.2) is 0 Å². The Hall–Kier alpha value is -1.68. The SMILES string of the molecule is CNCCc1ccccc1-c1nc(C2CC2C)no1. The van der Waals surface area contributed by atoms with Crippen molar-refractivity contribution in [2.45, 2.75) is 25.7 Å². The van der Waals surface area contributed by atoms with Gasteiger partial charge in [0, 0.05) is 11.5 Å². The first-order chi connectivity index (χ1) is 9.29. The molecule has 1 fully saturated rings. The van der Waals surface area contributed by atoms with Crippen LogP contribution in [0.2, 0.25) is 0 Å². The molecule has 4 nitrogen and oxygen atoms in total. The molecular weight excluding hydrogens is 238 g/mol. The van der Waals surface area contributed by atoms with Crippen LogP contribution in [0.3, 0.4) is 0 Å². The first kappa shape index (κ1) is 12.4. The lowest BCUT2D eigenvalue weighted by molar-refractivity contribution is 0.421. The van der Waals surface area contributed by atoms with Crippen LogP contribution in [0.15, 0.2) is 28.8 Å². The topological polar surface area (TPSA) is 51.0 Å². The molecule has 3 rings (SSSR count). The summed E-state index contributed by atoms with van der Waals surface area (Å²) in [6.45, 7) is 3.17. The Kier molecular flexibility index (Phi) is 3.34. The fraction of sp³-hybridized carbons (Fsp3) is 0.467. The number of nitrogens with one attached hydrogen (secondary N) is 1. The Bertz CT molecular complexity index is 564. The van der Waals surface area contributed by atoms with Gasteiger partial charge in [-0.1, -0.05) is 30.3 Å². The second-order valence-electron chi connectivity index (χ2n) is 5.29. The summed E-state index contributed by atoms with van der Waals surface area (Å²) in [5.74, 6) is 2.72. The van der Waals surface area contributed by atoms with Crippen LogP contribution in [0.25, 0.3) is 11.5 Å². The number of hydrogen-bond acceptors (Lipinski definition) is 4. The van der Waals surface area contributed by atoms with E-state index < -0.39 is 0 Å². The molecule has 0 bridgehead atoms. The summed E-state index contributed by atoms with van der Waals surface area (Å²) < 4.78 is 5.44. The normalized spacial score (nSPS) is 21.6. The number of hydrogen-bond donors (Lipinski definition) is 1. The van der Waals surface area contributed by atoms with Crippen LogP contribution in [-0.4, -0.2) is 23.7 Å². The van der Waals surface area contributed by atoms with Gasteiger partial charge in [0.05, 0.1) is 0 Å². The molecule has 100 valence electrons. The van der Waals surface area contributed by atoms with Gasteiger partial charge < -0.3 is 9.84 Å². The predicted octanol–water partition coefficient (Wildman–Crippen LogP) is 2.62. The quantitative estimate of drug-likeness (QED) is 0.894. The highest BCUT2D eigenvalue weighted by atomic mass is 16.5. The van der Waals surface area contributed by atoms with E-state index in [1.807, 2.05) is 13.1 Å². The molecule has 0 aliphatic heterocycles. The van der Waals surface area contributed by atoms with Crippen LogP contribution in [-0.2, 0) is 6.42 Å². The van der Waals surface area contributed by atoms with E-state index >= 15 is 0 Å². The maximum Gasteiger partial charge on any atom is 0.258 e. The van der Waals surface area contributed by atoms with E-state index in [-0.39, 0.29) is 0 Å². The maximum absolute atomic E-state index is 5.44. The molecule has 0 amide bonds. The average molecular weight is 257 g/mol. The molecule has 0 radical (unpaired) electrons. The van der Waals surface area contributed by atoms with E-state index in [1.165, 1.54) is 12.0 Å². The van der Waals surface area contributed by atoms with E-state index in [9.17, 15) is 0 Å². The van der Waals surface area contributed by atoms with Gasteiger partial charge in [-0.3, -0.25) is 0 Å². The van der Waals surface area contributed by atoms with Crippen LogP contribution >= 0.6 is 0 Å². The number of rotatable bonds is 5. The Morgan fingerprint density at radius 1 is 1.37 bits per heavy atom. The lowest BCUT2D eigenvalue weighted by Gasteiger charge is -2.05. The van der Waals surface area contributed by atoms with Crippen LogP contribution in [0.4, 0.5) is 0 Å². The summed E-state index contributed by atoms with van der Waals surface area (Å²) in [5, 5.41) is 7.29. The number of likely N-dealkylation sites (N-methyl/N-ethyl adjacent to an activating group) is 1. The summed E-state index contributed by atoms with van der Waals surface area (Å²) in [6.07, 6.45) is 2.14. The molecule has 0 spiro atoms. The first-order valence-electron chi connectivity index (χ1n) is 6.86. The van der Waals surface area contributed by atoms with Crippen LogP contribution in [0.1, 0.15) is 30.7 Å². The largest absolute Gasteiger partial charge is 0.334 e. The van der Waals surface area contributed by atoms with E-state index in [4.69, 9.17) is 4.52 Å². The van der Waals surface area contributed by atoms with Crippen molar-refractivity contribution in [3.8, 4) is 11.5 Å². The highest BCUT2D eigenvalue weighted by molar-refractivity contribution is 5.58. The molecule has 4 heteroatoms. The average Bonchev–Trinajstić information content (AvgIpc) is 2.98. The first-order valence-corrected chi connectivity index (χ1v) is 6.86. The smallest absolute Gasteiger partial charge is 0.258 e.